The molecule has 0 bridgehead atoms. The van der Waals surface area contributed by atoms with Crippen molar-refractivity contribution in [3.8, 4) is 10.4 Å². The van der Waals surface area contributed by atoms with Gasteiger partial charge in [0.25, 0.3) is 5.91 Å². The van der Waals surface area contributed by atoms with E-state index in [0.29, 0.717) is 17.8 Å². The molecule has 41 heavy (non-hydrogen) atoms. The first-order chi connectivity index (χ1) is 19.6. The highest BCUT2D eigenvalue weighted by atomic mass is 32.2. The number of anilines is 2. The molecule has 0 unspecified atom stereocenters. The third-order valence-electron chi connectivity index (χ3n) is 6.56. The van der Waals surface area contributed by atoms with E-state index in [0.717, 1.165) is 26.2 Å². The number of pyridine rings is 2. The molecule has 210 valence electrons. The Kier molecular flexibility index (Phi) is 7.97. The number of thiophene rings is 1. The first-order valence-corrected chi connectivity index (χ1v) is 14.9. The maximum atomic E-state index is 13.3. The molecule has 0 aliphatic heterocycles. The second-order valence-electron chi connectivity index (χ2n) is 9.27. The van der Waals surface area contributed by atoms with Gasteiger partial charge in [-0.1, -0.05) is 18.2 Å². The summed E-state index contributed by atoms with van der Waals surface area (Å²) in [6, 6.07) is 18.3. The number of rotatable bonds is 9. The number of carbonyl (C=O) groups excluding carboxylic acids is 1. The zero-order valence-corrected chi connectivity index (χ0v) is 23.8. The molecule has 0 saturated heterocycles. The summed E-state index contributed by atoms with van der Waals surface area (Å²) in [5, 5.41) is 6.90. The summed E-state index contributed by atoms with van der Waals surface area (Å²) in [6.45, 7) is 2.10. The number of nitrogens with zero attached hydrogens (tertiary/aromatic N) is 2. The predicted octanol–water partition coefficient (Wildman–Crippen LogP) is 5.09. The number of hydrogen-bond acceptors (Lipinski definition) is 8. The zero-order chi connectivity index (χ0) is 29.1. The van der Waals surface area contributed by atoms with Crippen LogP contribution in [-0.4, -0.2) is 31.3 Å². The number of nitrogen functional groups attached to an aromatic ring is 1. The summed E-state index contributed by atoms with van der Waals surface area (Å²) in [6.07, 6.45) is 2.88. The number of hydrogen-bond donors (Lipinski definition) is 4. The highest BCUT2D eigenvalue weighted by Crippen LogP contribution is 2.32. The quantitative estimate of drug-likeness (QED) is 0.188. The fourth-order valence-corrected chi connectivity index (χ4v) is 5.90. The van der Waals surface area contributed by atoms with Crippen LogP contribution in [-0.2, 0) is 16.6 Å². The number of nitrogens with one attached hydrogen (secondary N) is 3. The van der Waals surface area contributed by atoms with E-state index in [-0.39, 0.29) is 22.1 Å². The largest absolute Gasteiger partial charge is 0.398 e. The van der Waals surface area contributed by atoms with Gasteiger partial charge in [-0.05, 0) is 73.6 Å². The Balaban J connectivity index is 1.38. The van der Waals surface area contributed by atoms with Gasteiger partial charge in [-0.3, -0.25) is 9.78 Å². The van der Waals surface area contributed by atoms with Crippen LogP contribution in [0.2, 0.25) is 0 Å². The highest BCUT2D eigenvalue weighted by molar-refractivity contribution is 7.89. The van der Waals surface area contributed by atoms with Gasteiger partial charge in [0.2, 0.25) is 10.0 Å². The van der Waals surface area contributed by atoms with Gasteiger partial charge in [0.15, 0.2) is 0 Å². The first-order valence-electron chi connectivity index (χ1n) is 12.6. The van der Waals surface area contributed by atoms with Crippen LogP contribution in [0.1, 0.15) is 33.8 Å². The molecule has 0 spiro atoms. The topological polar surface area (TPSA) is 139 Å². The van der Waals surface area contributed by atoms with E-state index >= 15 is 0 Å². The number of halogens is 1. The van der Waals surface area contributed by atoms with E-state index in [4.69, 9.17) is 5.73 Å². The maximum Gasteiger partial charge on any atom is 0.255 e. The van der Waals surface area contributed by atoms with Gasteiger partial charge < -0.3 is 16.4 Å². The van der Waals surface area contributed by atoms with Crippen molar-refractivity contribution in [2.45, 2.75) is 24.4 Å². The van der Waals surface area contributed by atoms with Crippen LogP contribution >= 0.6 is 11.3 Å². The van der Waals surface area contributed by atoms with E-state index in [1.54, 1.807) is 42.7 Å². The number of aromatic nitrogens is 2. The zero-order valence-electron chi connectivity index (χ0n) is 22.2. The van der Waals surface area contributed by atoms with Gasteiger partial charge in [-0.25, -0.2) is 22.5 Å². The second-order valence-corrected chi connectivity index (χ2v) is 12.3. The van der Waals surface area contributed by atoms with Crippen LogP contribution in [0, 0.1) is 5.82 Å². The monoisotopic (exact) mass is 590 g/mol. The molecular weight excluding hydrogens is 563 g/mol. The Morgan fingerprint density at radius 1 is 1.05 bits per heavy atom. The van der Waals surface area contributed by atoms with Crippen LogP contribution in [0.15, 0.2) is 84.0 Å². The number of nitrogens with two attached hydrogens (primary N) is 1. The molecule has 0 aliphatic rings. The number of benzene rings is 2. The summed E-state index contributed by atoms with van der Waals surface area (Å²) in [5.41, 5.74) is 9.37. The Morgan fingerprint density at radius 3 is 2.59 bits per heavy atom. The van der Waals surface area contributed by atoms with Gasteiger partial charge in [-0.15, -0.1) is 11.3 Å². The molecule has 0 fully saturated rings. The number of sulfonamides is 1. The SMILES string of the molecule is CNS(=O)(=O)c1cnc(NCc2ccc(-c3ccc4nccc(N)c4c3)s2)c(C(=O)N[C@@H](C)c2ccc(F)cc2)c1. The third kappa shape index (κ3) is 6.19. The third-order valence-corrected chi connectivity index (χ3v) is 9.07. The van der Waals surface area contributed by atoms with Crippen molar-refractivity contribution < 1.29 is 17.6 Å². The van der Waals surface area contributed by atoms with Crippen LogP contribution < -0.4 is 21.1 Å². The van der Waals surface area contributed by atoms with E-state index in [1.165, 1.54) is 31.4 Å². The molecule has 1 amide bonds. The van der Waals surface area contributed by atoms with Crippen LogP contribution in [0.25, 0.3) is 21.3 Å². The van der Waals surface area contributed by atoms with Gasteiger partial charge in [-0.2, -0.15) is 0 Å². The second kappa shape index (κ2) is 11.6. The summed E-state index contributed by atoms with van der Waals surface area (Å²) >= 11 is 1.57. The van der Waals surface area contributed by atoms with Crippen LogP contribution in [0.3, 0.4) is 0 Å². The number of fused-ring (bicyclic) bond motifs is 1. The van der Waals surface area contributed by atoms with Crippen molar-refractivity contribution in [1.82, 2.24) is 20.0 Å². The summed E-state index contributed by atoms with van der Waals surface area (Å²) in [5.74, 6) is -0.686. The van der Waals surface area contributed by atoms with Gasteiger partial charge in [0.05, 0.1) is 23.7 Å². The standard InChI is InChI=1S/C29H27FN6O3S2/c1-17(18-3-6-20(30)7-4-18)36-29(37)24-14-22(41(38,39)32-2)16-35-28(24)34-15-21-8-10-27(40-21)19-5-9-26-23(13-19)25(31)11-12-33-26/h3-14,16-17,32H,15H2,1-2H3,(H2,31,33)(H,34,35)(H,36,37)/t17-/m0/s1. The fraction of sp³-hybridized carbons (Fsp3) is 0.138. The van der Waals surface area contributed by atoms with E-state index in [2.05, 4.69) is 25.3 Å². The Labute approximate surface area is 240 Å². The molecule has 9 nitrogen and oxygen atoms in total. The minimum atomic E-state index is -3.84. The highest BCUT2D eigenvalue weighted by Gasteiger charge is 2.21. The Morgan fingerprint density at radius 2 is 1.83 bits per heavy atom. The number of amides is 1. The van der Waals surface area contributed by atoms with Crippen molar-refractivity contribution in [1.29, 1.82) is 0 Å². The molecule has 5 aromatic rings. The van der Waals surface area contributed by atoms with E-state index in [9.17, 15) is 17.6 Å². The molecule has 0 saturated carbocycles. The minimum absolute atomic E-state index is 0.0598. The Bertz CT molecular complexity index is 1840. The lowest BCUT2D eigenvalue weighted by molar-refractivity contribution is 0.0940. The first kappa shape index (κ1) is 28.1. The Hall–Kier alpha value is -4.39. The van der Waals surface area contributed by atoms with Crippen LogP contribution in [0.4, 0.5) is 15.9 Å². The van der Waals surface area contributed by atoms with Crippen molar-refractivity contribution >= 4 is 49.7 Å². The van der Waals surface area contributed by atoms with E-state index in [1.807, 2.05) is 30.3 Å². The lowest BCUT2D eigenvalue weighted by Crippen LogP contribution is -2.28. The molecule has 2 aromatic carbocycles. The smallest absolute Gasteiger partial charge is 0.255 e. The average Bonchev–Trinajstić information content (AvgIpc) is 3.45. The van der Waals surface area contributed by atoms with Gasteiger partial charge >= 0.3 is 0 Å². The molecule has 3 heterocycles. The lowest BCUT2D eigenvalue weighted by atomic mass is 10.1. The molecule has 0 aliphatic carbocycles. The number of carbonyl (C=O) groups is 1. The van der Waals surface area contributed by atoms with Gasteiger partial charge in [0.1, 0.15) is 16.5 Å². The summed E-state index contributed by atoms with van der Waals surface area (Å²) in [7, 11) is -2.56. The van der Waals surface area contributed by atoms with Crippen molar-refractivity contribution in [3.63, 3.8) is 0 Å². The van der Waals surface area contributed by atoms with Gasteiger partial charge in [0, 0.05) is 33.2 Å². The van der Waals surface area contributed by atoms with Crippen molar-refractivity contribution in [2.75, 3.05) is 18.1 Å². The lowest BCUT2D eigenvalue weighted by Gasteiger charge is -2.17. The molecule has 12 heteroatoms. The fourth-order valence-electron chi connectivity index (χ4n) is 4.25. The summed E-state index contributed by atoms with van der Waals surface area (Å²) < 4.78 is 40.5. The maximum absolute atomic E-state index is 13.3. The van der Waals surface area contributed by atoms with E-state index < -0.39 is 22.0 Å². The minimum Gasteiger partial charge on any atom is -0.398 e. The molecule has 5 rings (SSSR count). The summed E-state index contributed by atoms with van der Waals surface area (Å²) in [4.78, 5) is 23.8. The molecule has 3 aromatic heterocycles. The molecular formula is C29H27FN6O3S2. The van der Waals surface area contributed by atoms with Crippen LogP contribution in [0.5, 0.6) is 0 Å². The average molecular weight is 591 g/mol. The molecule has 1 atom stereocenters. The van der Waals surface area contributed by atoms with Crippen molar-refractivity contribution in [3.05, 3.63) is 101 Å². The molecule has 5 N–H and O–H groups in total. The van der Waals surface area contributed by atoms with Crippen molar-refractivity contribution in [2.24, 2.45) is 0 Å². The normalized spacial score (nSPS) is 12.3. The molecule has 0 radical (unpaired) electrons. The predicted molar refractivity (Wildman–Crippen MR) is 160 cm³/mol.